The molecule has 2 fully saturated rings. The Kier molecular flexibility index (Phi) is 4.67. The summed E-state index contributed by atoms with van der Waals surface area (Å²) in [4.78, 5) is 16.7. The minimum absolute atomic E-state index is 0.176. The molecule has 2 heterocycles. The number of Topliss-reactive ketones (excluding diaryl/α,β-unsaturated/α-hetero) is 1. The van der Waals surface area contributed by atoms with Gasteiger partial charge in [0.15, 0.2) is 11.6 Å². The average Bonchev–Trinajstić information content (AvgIpc) is 3.11. The number of aromatic nitrogens is 1. The van der Waals surface area contributed by atoms with E-state index in [1.807, 2.05) is 32.2 Å². The number of nitrogens with zero attached hydrogens (tertiary/aromatic N) is 1. The number of hydrogen-bond acceptors (Lipinski definition) is 5. The smallest absolute Gasteiger partial charge is 0.168 e. The molecule has 2 aromatic rings. The minimum atomic E-state index is -0.332. The normalized spacial score (nSPS) is 19.9. The van der Waals surface area contributed by atoms with E-state index in [4.69, 9.17) is 9.47 Å². The number of hydrogen-bond donors (Lipinski definition) is 1. The van der Waals surface area contributed by atoms with E-state index in [0.717, 1.165) is 53.4 Å². The van der Waals surface area contributed by atoms with E-state index in [9.17, 15) is 4.79 Å². The number of ketones is 1. The molecular formula is C21H26N2O3. The summed E-state index contributed by atoms with van der Waals surface area (Å²) < 4.78 is 11.6. The van der Waals surface area contributed by atoms with E-state index in [2.05, 4.69) is 16.4 Å². The van der Waals surface area contributed by atoms with Crippen molar-refractivity contribution in [3.63, 3.8) is 0 Å². The van der Waals surface area contributed by atoms with Gasteiger partial charge in [0, 0.05) is 42.5 Å². The molecule has 1 aliphatic heterocycles. The quantitative estimate of drug-likeness (QED) is 0.833. The maximum absolute atomic E-state index is 12.1. The highest BCUT2D eigenvalue weighted by molar-refractivity contribution is 6.01. The van der Waals surface area contributed by atoms with Gasteiger partial charge in [-0.05, 0) is 48.9 Å². The fourth-order valence-electron chi connectivity index (χ4n) is 4.08. The average molecular weight is 354 g/mol. The number of nitrogens with one attached hydrogen (secondary N) is 1. The molecule has 1 aliphatic carbocycles. The Hall–Kier alpha value is -1.98. The molecule has 26 heavy (non-hydrogen) atoms. The summed E-state index contributed by atoms with van der Waals surface area (Å²) >= 11 is 0. The largest absolute Gasteiger partial charge is 0.367 e. The van der Waals surface area contributed by atoms with E-state index in [1.165, 1.54) is 0 Å². The van der Waals surface area contributed by atoms with Crippen molar-refractivity contribution in [2.24, 2.45) is 0 Å². The fourth-order valence-corrected chi connectivity index (χ4v) is 4.08. The van der Waals surface area contributed by atoms with Crippen molar-refractivity contribution in [1.82, 2.24) is 4.98 Å². The van der Waals surface area contributed by atoms with Crippen LogP contribution in [0.1, 0.15) is 54.9 Å². The van der Waals surface area contributed by atoms with Gasteiger partial charge in [-0.15, -0.1) is 0 Å². The second-order valence-electron chi connectivity index (χ2n) is 7.39. The van der Waals surface area contributed by atoms with Crippen LogP contribution in [-0.2, 0) is 9.47 Å². The molecule has 1 aromatic heterocycles. The van der Waals surface area contributed by atoms with Crippen molar-refractivity contribution in [2.45, 2.75) is 57.8 Å². The number of ether oxygens (including phenoxy) is 2. The monoisotopic (exact) mass is 354 g/mol. The molecule has 0 atom stereocenters. The Balaban J connectivity index is 1.51. The fraction of sp³-hybridized carbons (Fsp3) is 0.524. The highest BCUT2D eigenvalue weighted by Gasteiger charge is 2.40. The van der Waals surface area contributed by atoms with Crippen LogP contribution in [-0.4, -0.2) is 35.8 Å². The molecular weight excluding hydrogens is 328 g/mol. The molecule has 4 rings (SSSR count). The van der Waals surface area contributed by atoms with Gasteiger partial charge in [0.05, 0.1) is 13.2 Å². The van der Waals surface area contributed by atoms with Crippen LogP contribution in [0.4, 0.5) is 5.82 Å². The number of rotatable bonds is 4. The molecule has 5 nitrogen and oxygen atoms in total. The van der Waals surface area contributed by atoms with E-state index < -0.39 is 0 Å². The minimum Gasteiger partial charge on any atom is -0.367 e. The van der Waals surface area contributed by atoms with E-state index in [0.29, 0.717) is 25.7 Å². The molecule has 1 aromatic carbocycles. The molecule has 0 amide bonds. The predicted octanol–water partition coefficient (Wildman–Crippen LogP) is 4.23. The third-order valence-corrected chi connectivity index (χ3v) is 5.60. The third kappa shape index (κ3) is 3.33. The van der Waals surface area contributed by atoms with Gasteiger partial charge in [-0.2, -0.15) is 0 Å². The Bertz CT molecular complexity index is 817. The lowest BCUT2D eigenvalue weighted by molar-refractivity contribution is -0.177. The van der Waals surface area contributed by atoms with Gasteiger partial charge in [-0.25, -0.2) is 4.98 Å². The number of fused-ring (bicyclic) bond motifs is 1. The van der Waals surface area contributed by atoms with Gasteiger partial charge >= 0.3 is 0 Å². The van der Waals surface area contributed by atoms with E-state index in [-0.39, 0.29) is 11.6 Å². The van der Waals surface area contributed by atoms with Crippen molar-refractivity contribution >= 4 is 22.4 Å². The van der Waals surface area contributed by atoms with Crippen molar-refractivity contribution in [2.75, 3.05) is 18.5 Å². The van der Waals surface area contributed by atoms with Gasteiger partial charge in [0.25, 0.3) is 0 Å². The molecule has 5 heteroatoms. The zero-order chi connectivity index (χ0) is 18.1. The second-order valence-corrected chi connectivity index (χ2v) is 7.39. The first-order valence-corrected chi connectivity index (χ1v) is 9.57. The van der Waals surface area contributed by atoms with Crippen molar-refractivity contribution < 1.29 is 14.3 Å². The molecule has 0 bridgehead atoms. The molecule has 1 N–H and O–H groups in total. The van der Waals surface area contributed by atoms with E-state index in [1.54, 1.807) is 0 Å². The lowest BCUT2D eigenvalue weighted by atomic mass is 9.90. The molecule has 0 radical (unpaired) electrons. The summed E-state index contributed by atoms with van der Waals surface area (Å²) in [6.45, 7) is 5.35. The van der Waals surface area contributed by atoms with Crippen LogP contribution in [0.15, 0.2) is 24.4 Å². The van der Waals surface area contributed by atoms with Crippen molar-refractivity contribution in [1.29, 1.82) is 0 Å². The van der Waals surface area contributed by atoms with Crippen LogP contribution in [0.5, 0.6) is 0 Å². The number of carbonyl (C=O) groups excluding carboxylic acids is 1. The van der Waals surface area contributed by atoms with Gasteiger partial charge in [0.1, 0.15) is 5.82 Å². The molecule has 0 unspecified atom stereocenters. The van der Waals surface area contributed by atoms with Gasteiger partial charge in [-0.1, -0.05) is 6.92 Å². The number of anilines is 1. The highest BCUT2D eigenvalue weighted by Crippen LogP contribution is 2.36. The zero-order valence-electron chi connectivity index (χ0n) is 15.5. The standard InChI is InChI=1S/C21H26N2O3/c1-3-19(24)16-10-14(2)18-13-22-20(12-15(18)11-16)23-17-4-6-21(7-5-17)25-8-9-26-21/h10-13,17H,3-9H2,1-2H3,(H,22,23). The van der Waals surface area contributed by atoms with Crippen LogP contribution in [0, 0.1) is 6.92 Å². The first kappa shape index (κ1) is 17.4. The van der Waals surface area contributed by atoms with Crippen LogP contribution >= 0.6 is 0 Å². The summed E-state index contributed by atoms with van der Waals surface area (Å²) in [5, 5.41) is 5.71. The summed E-state index contributed by atoms with van der Waals surface area (Å²) in [6.07, 6.45) is 6.29. The number of aryl methyl sites for hydroxylation is 1. The summed E-state index contributed by atoms with van der Waals surface area (Å²) in [6, 6.07) is 6.38. The lowest BCUT2D eigenvalue weighted by Gasteiger charge is -2.35. The molecule has 1 saturated carbocycles. The summed E-state index contributed by atoms with van der Waals surface area (Å²) in [7, 11) is 0. The molecule has 1 spiro atoms. The molecule has 138 valence electrons. The lowest BCUT2D eigenvalue weighted by Crippen LogP contribution is -2.39. The van der Waals surface area contributed by atoms with Crippen LogP contribution in [0.3, 0.4) is 0 Å². The Morgan fingerprint density at radius 2 is 1.96 bits per heavy atom. The first-order valence-electron chi connectivity index (χ1n) is 9.57. The third-order valence-electron chi connectivity index (χ3n) is 5.60. The molecule has 1 saturated heterocycles. The van der Waals surface area contributed by atoms with Crippen molar-refractivity contribution in [3.8, 4) is 0 Å². The SMILES string of the molecule is CCC(=O)c1cc(C)c2cnc(NC3CCC4(CC3)OCCO4)cc2c1. The number of carbonyl (C=O) groups is 1. The number of benzene rings is 1. The van der Waals surface area contributed by atoms with Gasteiger partial charge in [0.2, 0.25) is 0 Å². The first-order chi connectivity index (χ1) is 12.6. The highest BCUT2D eigenvalue weighted by atomic mass is 16.7. The number of pyridine rings is 1. The van der Waals surface area contributed by atoms with Crippen LogP contribution < -0.4 is 5.32 Å². The zero-order valence-corrected chi connectivity index (χ0v) is 15.5. The second kappa shape index (κ2) is 6.97. The van der Waals surface area contributed by atoms with Crippen LogP contribution in [0.2, 0.25) is 0 Å². The van der Waals surface area contributed by atoms with Crippen LogP contribution in [0.25, 0.3) is 10.8 Å². The maximum atomic E-state index is 12.1. The Morgan fingerprint density at radius 1 is 1.23 bits per heavy atom. The maximum Gasteiger partial charge on any atom is 0.168 e. The predicted molar refractivity (Wildman–Crippen MR) is 102 cm³/mol. The Labute approximate surface area is 154 Å². The van der Waals surface area contributed by atoms with E-state index >= 15 is 0 Å². The molecule has 2 aliphatic rings. The van der Waals surface area contributed by atoms with Crippen molar-refractivity contribution in [3.05, 3.63) is 35.5 Å². The Morgan fingerprint density at radius 3 is 2.65 bits per heavy atom. The summed E-state index contributed by atoms with van der Waals surface area (Å²) in [5.74, 6) is 0.712. The summed E-state index contributed by atoms with van der Waals surface area (Å²) in [5.41, 5.74) is 1.87. The topological polar surface area (TPSA) is 60.5 Å². The van der Waals surface area contributed by atoms with Gasteiger partial charge < -0.3 is 14.8 Å². The van der Waals surface area contributed by atoms with Gasteiger partial charge in [-0.3, -0.25) is 4.79 Å².